The third-order valence-corrected chi connectivity index (χ3v) is 6.98. The summed E-state index contributed by atoms with van der Waals surface area (Å²) in [6.07, 6.45) is 16.5. The molecule has 124 valence electrons. The Balaban J connectivity index is 1.89. The molecule has 0 heteroatoms. The molecule has 0 bridgehead atoms. The Labute approximate surface area is 134 Å². The van der Waals surface area contributed by atoms with Crippen LogP contribution in [0.15, 0.2) is 0 Å². The van der Waals surface area contributed by atoms with E-state index in [4.69, 9.17) is 0 Å². The minimum Gasteiger partial charge on any atom is -0.0651 e. The zero-order chi connectivity index (χ0) is 15.2. The van der Waals surface area contributed by atoms with E-state index in [0.717, 1.165) is 35.5 Å². The average molecular weight is 293 g/mol. The van der Waals surface area contributed by atoms with Crippen molar-refractivity contribution in [3.63, 3.8) is 0 Å². The summed E-state index contributed by atoms with van der Waals surface area (Å²) in [5.41, 5.74) is 0. The van der Waals surface area contributed by atoms with Crippen LogP contribution in [0.1, 0.15) is 98.3 Å². The number of hydrogen-bond acceptors (Lipinski definition) is 0. The molecule has 0 N–H and O–H groups in total. The van der Waals surface area contributed by atoms with Crippen LogP contribution in [0.3, 0.4) is 0 Å². The van der Waals surface area contributed by atoms with E-state index in [1.807, 2.05) is 0 Å². The smallest absolute Gasteiger partial charge is 0.0406 e. The molecule has 2 aliphatic carbocycles. The van der Waals surface area contributed by atoms with Crippen molar-refractivity contribution in [1.29, 1.82) is 0 Å². The predicted molar refractivity (Wildman–Crippen MR) is 94.4 cm³/mol. The third kappa shape index (κ3) is 5.00. The molecule has 2 fully saturated rings. The molecule has 0 aromatic rings. The van der Waals surface area contributed by atoms with Crippen LogP contribution in [0.25, 0.3) is 0 Å². The lowest BCUT2D eigenvalue weighted by molar-refractivity contribution is 0.119. The fourth-order valence-electron chi connectivity index (χ4n) is 5.60. The summed E-state index contributed by atoms with van der Waals surface area (Å²) in [4.78, 5) is 0. The molecule has 2 saturated carbocycles. The Hall–Kier alpha value is 0. The molecule has 4 unspecified atom stereocenters. The van der Waals surface area contributed by atoms with Gasteiger partial charge in [-0.05, 0) is 80.5 Å². The standard InChI is InChI=1S/C21H40/c1-5-16-9-17(6-2)12-20(11-16)15-21-13-18(7-3)10-19(8-4)14-21/h16-21H,5-15H2,1-4H3. The van der Waals surface area contributed by atoms with Gasteiger partial charge in [0.2, 0.25) is 0 Å². The number of hydrogen-bond donors (Lipinski definition) is 0. The zero-order valence-electron chi connectivity index (χ0n) is 15.2. The second-order valence-electron chi connectivity index (χ2n) is 8.48. The van der Waals surface area contributed by atoms with Crippen molar-refractivity contribution in [3.05, 3.63) is 0 Å². The van der Waals surface area contributed by atoms with E-state index in [1.165, 1.54) is 38.5 Å². The summed E-state index contributed by atoms with van der Waals surface area (Å²) in [5, 5.41) is 0. The van der Waals surface area contributed by atoms with E-state index in [2.05, 4.69) is 27.7 Å². The maximum atomic E-state index is 2.42. The Morgan fingerprint density at radius 3 is 0.905 bits per heavy atom. The van der Waals surface area contributed by atoms with E-state index < -0.39 is 0 Å². The van der Waals surface area contributed by atoms with Crippen LogP contribution in [0, 0.1) is 35.5 Å². The lowest BCUT2D eigenvalue weighted by Gasteiger charge is -2.39. The molecule has 21 heavy (non-hydrogen) atoms. The molecular weight excluding hydrogens is 252 g/mol. The van der Waals surface area contributed by atoms with Crippen molar-refractivity contribution in [2.24, 2.45) is 35.5 Å². The minimum absolute atomic E-state index is 1.04. The highest BCUT2D eigenvalue weighted by molar-refractivity contribution is 4.83. The van der Waals surface area contributed by atoms with Crippen molar-refractivity contribution in [2.75, 3.05) is 0 Å². The van der Waals surface area contributed by atoms with Crippen molar-refractivity contribution in [2.45, 2.75) is 98.3 Å². The monoisotopic (exact) mass is 292 g/mol. The van der Waals surface area contributed by atoms with Gasteiger partial charge in [-0.25, -0.2) is 0 Å². The van der Waals surface area contributed by atoms with Crippen LogP contribution < -0.4 is 0 Å². The highest BCUT2D eigenvalue weighted by atomic mass is 14.4. The van der Waals surface area contributed by atoms with Crippen molar-refractivity contribution >= 4 is 0 Å². The molecule has 2 rings (SSSR count). The van der Waals surface area contributed by atoms with Crippen molar-refractivity contribution < 1.29 is 0 Å². The predicted octanol–water partition coefficient (Wildman–Crippen LogP) is 7.08. The molecule has 0 aromatic heterocycles. The van der Waals surface area contributed by atoms with Crippen molar-refractivity contribution in [1.82, 2.24) is 0 Å². The van der Waals surface area contributed by atoms with Crippen LogP contribution in [0.5, 0.6) is 0 Å². The van der Waals surface area contributed by atoms with Gasteiger partial charge in [0.15, 0.2) is 0 Å². The molecule has 0 spiro atoms. The number of rotatable bonds is 6. The SMILES string of the molecule is CCC1CC(CC)CC(CC2CC(CC)CC(CC)C2)C1. The van der Waals surface area contributed by atoms with Gasteiger partial charge in [-0.15, -0.1) is 0 Å². The first-order chi connectivity index (χ1) is 10.2. The molecule has 4 atom stereocenters. The fraction of sp³-hybridized carbons (Fsp3) is 1.00. The summed E-state index contributed by atoms with van der Waals surface area (Å²) in [6.45, 7) is 9.67. The first-order valence-corrected chi connectivity index (χ1v) is 10.2. The summed E-state index contributed by atoms with van der Waals surface area (Å²) in [6, 6.07) is 0. The maximum absolute atomic E-state index is 2.42. The van der Waals surface area contributed by atoms with E-state index >= 15 is 0 Å². The van der Waals surface area contributed by atoms with Gasteiger partial charge in [0, 0.05) is 0 Å². The molecular formula is C21H40. The normalized spacial score (nSPS) is 41.1. The van der Waals surface area contributed by atoms with E-state index in [0.29, 0.717) is 0 Å². The lowest BCUT2D eigenvalue weighted by atomic mass is 9.66. The molecule has 0 radical (unpaired) electrons. The van der Waals surface area contributed by atoms with Gasteiger partial charge >= 0.3 is 0 Å². The highest BCUT2D eigenvalue weighted by Gasteiger charge is 2.32. The molecule has 2 aliphatic rings. The van der Waals surface area contributed by atoms with Crippen LogP contribution >= 0.6 is 0 Å². The largest absolute Gasteiger partial charge is 0.0651 e. The molecule has 0 aromatic carbocycles. The molecule has 0 aliphatic heterocycles. The van der Waals surface area contributed by atoms with Crippen LogP contribution in [0.4, 0.5) is 0 Å². The van der Waals surface area contributed by atoms with Gasteiger partial charge in [0.25, 0.3) is 0 Å². The van der Waals surface area contributed by atoms with Crippen LogP contribution in [0.2, 0.25) is 0 Å². The Kier molecular flexibility index (Phi) is 7.10. The second kappa shape index (κ2) is 8.59. The fourth-order valence-corrected chi connectivity index (χ4v) is 5.60. The van der Waals surface area contributed by atoms with Gasteiger partial charge in [-0.2, -0.15) is 0 Å². The maximum Gasteiger partial charge on any atom is -0.0406 e. The Morgan fingerprint density at radius 2 is 0.667 bits per heavy atom. The first kappa shape index (κ1) is 17.4. The van der Waals surface area contributed by atoms with Gasteiger partial charge in [-0.3, -0.25) is 0 Å². The van der Waals surface area contributed by atoms with E-state index in [9.17, 15) is 0 Å². The minimum atomic E-state index is 1.04. The van der Waals surface area contributed by atoms with Crippen molar-refractivity contribution in [3.8, 4) is 0 Å². The summed E-state index contributed by atoms with van der Waals surface area (Å²) in [7, 11) is 0. The van der Waals surface area contributed by atoms with E-state index in [-0.39, 0.29) is 0 Å². The highest BCUT2D eigenvalue weighted by Crippen LogP contribution is 2.44. The molecule has 0 saturated heterocycles. The Bertz CT molecular complexity index is 230. The average Bonchev–Trinajstić information content (AvgIpc) is 2.53. The van der Waals surface area contributed by atoms with Gasteiger partial charge in [0.05, 0.1) is 0 Å². The molecule has 0 heterocycles. The topological polar surface area (TPSA) is 0 Å². The summed E-state index contributed by atoms with van der Waals surface area (Å²) < 4.78 is 0. The van der Waals surface area contributed by atoms with Crippen LogP contribution in [-0.4, -0.2) is 0 Å². The molecule has 0 amide bonds. The zero-order valence-corrected chi connectivity index (χ0v) is 15.2. The summed E-state index contributed by atoms with van der Waals surface area (Å²) in [5.74, 6) is 6.29. The lowest BCUT2D eigenvalue weighted by Crippen LogP contribution is -2.28. The van der Waals surface area contributed by atoms with Crippen LogP contribution in [-0.2, 0) is 0 Å². The summed E-state index contributed by atoms with van der Waals surface area (Å²) >= 11 is 0. The van der Waals surface area contributed by atoms with Gasteiger partial charge < -0.3 is 0 Å². The Morgan fingerprint density at radius 1 is 0.429 bits per heavy atom. The van der Waals surface area contributed by atoms with E-state index in [1.54, 1.807) is 32.1 Å². The van der Waals surface area contributed by atoms with Gasteiger partial charge in [-0.1, -0.05) is 53.4 Å². The quantitative estimate of drug-likeness (QED) is 0.490. The molecule has 0 nitrogen and oxygen atoms in total. The van der Waals surface area contributed by atoms with Gasteiger partial charge in [0.1, 0.15) is 0 Å². The second-order valence-corrected chi connectivity index (χ2v) is 8.48. The first-order valence-electron chi connectivity index (χ1n) is 10.2. The third-order valence-electron chi connectivity index (χ3n) is 6.98.